The summed E-state index contributed by atoms with van der Waals surface area (Å²) < 4.78 is 24.2. The topological polar surface area (TPSA) is 80.3 Å². The highest BCUT2D eigenvalue weighted by molar-refractivity contribution is 6.33. The van der Waals surface area contributed by atoms with Crippen LogP contribution in [0.3, 0.4) is 0 Å². The summed E-state index contributed by atoms with van der Waals surface area (Å²) in [5, 5.41) is 9.52. The Hall–Kier alpha value is -3.26. The van der Waals surface area contributed by atoms with Crippen molar-refractivity contribution in [2.45, 2.75) is 0 Å². The molecular weight excluding hydrogens is 385 g/mol. The third-order valence-corrected chi connectivity index (χ3v) is 4.19. The number of rotatable bonds is 7. The predicted octanol–water partition coefficient (Wildman–Crippen LogP) is 4.82. The molecule has 0 amide bonds. The SMILES string of the molecule is CNc1cc(OC)ccc1Nc1nc(Nc2cccc(F)c2OC)ncc1Cl. The van der Waals surface area contributed by atoms with E-state index in [0.717, 1.165) is 11.4 Å². The number of anilines is 5. The van der Waals surface area contributed by atoms with E-state index in [1.807, 2.05) is 18.2 Å². The minimum Gasteiger partial charge on any atom is -0.497 e. The van der Waals surface area contributed by atoms with Gasteiger partial charge in [-0.25, -0.2) is 9.37 Å². The van der Waals surface area contributed by atoms with E-state index in [4.69, 9.17) is 21.1 Å². The first-order valence-corrected chi connectivity index (χ1v) is 8.68. The van der Waals surface area contributed by atoms with Gasteiger partial charge in [0.15, 0.2) is 17.4 Å². The van der Waals surface area contributed by atoms with Crippen LogP contribution in [0, 0.1) is 5.82 Å². The molecule has 0 aliphatic rings. The maximum atomic E-state index is 13.9. The van der Waals surface area contributed by atoms with Gasteiger partial charge in [0, 0.05) is 13.1 Å². The van der Waals surface area contributed by atoms with Crippen molar-refractivity contribution >= 4 is 40.4 Å². The highest BCUT2D eigenvalue weighted by Gasteiger charge is 2.13. The highest BCUT2D eigenvalue weighted by atomic mass is 35.5. The number of hydrogen-bond acceptors (Lipinski definition) is 7. The van der Waals surface area contributed by atoms with E-state index in [2.05, 4.69) is 25.9 Å². The zero-order valence-corrected chi connectivity index (χ0v) is 16.3. The van der Waals surface area contributed by atoms with Gasteiger partial charge in [-0.2, -0.15) is 4.98 Å². The lowest BCUT2D eigenvalue weighted by Crippen LogP contribution is -2.04. The molecule has 28 heavy (non-hydrogen) atoms. The third kappa shape index (κ3) is 4.17. The molecule has 3 rings (SSSR count). The van der Waals surface area contributed by atoms with E-state index in [1.54, 1.807) is 26.3 Å². The lowest BCUT2D eigenvalue weighted by molar-refractivity contribution is 0.388. The number of aromatic nitrogens is 2. The Morgan fingerprint density at radius 2 is 1.82 bits per heavy atom. The van der Waals surface area contributed by atoms with Crippen molar-refractivity contribution in [2.24, 2.45) is 0 Å². The van der Waals surface area contributed by atoms with Crippen molar-refractivity contribution in [3.63, 3.8) is 0 Å². The van der Waals surface area contributed by atoms with Crippen LogP contribution in [-0.4, -0.2) is 31.2 Å². The van der Waals surface area contributed by atoms with Crippen LogP contribution in [0.4, 0.5) is 33.2 Å². The summed E-state index contributed by atoms with van der Waals surface area (Å²) in [5.41, 5.74) is 1.95. The highest BCUT2D eigenvalue weighted by Crippen LogP contribution is 2.33. The fourth-order valence-corrected chi connectivity index (χ4v) is 2.68. The largest absolute Gasteiger partial charge is 0.497 e. The zero-order chi connectivity index (χ0) is 20.1. The number of ether oxygens (including phenoxy) is 2. The fourth-order valence-electron chi connectivity index (χ4n) is 2.54. The molecule has 0 spiro atoms. The summed E-state index contributed by atoms with van der Waals surface area (Å²) in [7, 11) is 4.79. The van der Waals surface area contributed by atoms with E-state index >= 15 is 0 Å². The maximum absolute atomic E-state index is 13.9. The Bertz CT molecular complexity index is 987. The van der Waals surface area contributed by atoms with Crippen molar-refractivity contribution in [1.29, 1.82) is 0 Å². The number of para-hydroxylation sites is 1. The van der Waals surface area contributed by atoms with Crippen molar-refractivity contribution in [3.05, 3.63) is 53.4 Å². The van der Waals surface area contributed by atoms with Gasteiger partial charge in [0.2, 0.25) is 5.95 Å². The normalized spacial score (nSPS) is 10.3. The minimum atomic E-state index is -0.489. The van der Waals surface area contributed by atoms with Crippen LogP contribution in [0.1, 0.15) is 0 Å². The van der Waals surface area contributed by atoms with Gasteiger partial charge < -0.3 is 25.4 Å². The number of nitrogens with one attached hydrogen (secondary N) is 3. The molecule has 146 valence electrons. The van der Waals surface area contributed by atoms with Crippen LogP contribution in [0.15, 0.2) is 42.6 Å². The first-order valence-electron chi connectivity index (χ1n) is 8.30. The second-order valence-corrected chi connectivity index (χ2v) is 6.03. The third-order valence-electron chi connectivity index (χ3n) is 3.91. The molecule has 0 aliphatic heterocycles. The summed E-state index contributed by atoms with van der Waals surface area (Å²) in [6.45, 7) is 0. The van der Waals surface area contributed by atoms with E-state index in [9.17, 15) is 4.39 Å². The van der Waals surface area contributed by atoms with Gasteiger partial charge in [-0.15, -0.1) is 0 Å². The van der Waals surface area contributed by atoms with Crippen LogP contribution < -0.4 is 25.4 Å². The molecule has 0 bridgehead atoms. The molecule has 2 aromatic carbocycles. The summed E-state index contributed by atoms with van der Waals surface area (Å²) in [5.74, 6) is 0.913. The van der Waals surface area contributed by atoms with Gasteiger partial charge in [0.25, 0.3) is 0 Å². The summed E-state index contributed by atoms with van der Waals surface area (Å²) in [6.07, 6.45) is 1.45. The second kappa shape index (κ2) is 8.62. The quantitative estimate of drug-likeness (QED) is 0.522. The Kier molecular flexibility index (Phi) is 6.00. The average molecular weight is 404 g/mol. The van der Waals surface area contributed by atoms with Gasteiger partial charge in [-0.3, -0.25) is 0 Å². The molecule has 7 nitrogen and oxygen atoms in total. The number of benzene rings is 2. The molecule has 0 saturated carbocycles. The van der Waals surface area contributed by atoms with Crippen molar-refractivity contribution in [2.75, 3.05) is 37.2 Å². The van der Waals surface area contributed by atoms with Crippen LogP contribution >= 0.6 is 11.6 Å². The van der Waals surface area contributed by atoms with Crippen LogP contribution in [0.2, 0.25) is 5.02 Å². The van der Waals surface area contributed by atoms with Gasteiger partial charge in [0.1, 0.15) is 10.8 Å². The van der Waals surface area contributed by atoms with Gasteiger partial charge >= 0.3 is 0 Å². The standard InChI is InChI=1S/C19H19ClFN5O2/c1-22-16-9-11(27-2)7-8-14(16)24-18-12(20)10-23-19(26-18)25-15-6-4-5-13(21)17(15)28-3/h4-10,22H,1-3H3,(H2,23,24,25,26). The molecule has 0 saturated heterocycles. The van der Waals surface area contributed by atoms with E-state index in [-0.39, 0.29) is 11.7 Å². The molecule has 0 radical (unpaired) electrons. The van der Waals surface area contributed by atoms with Crippen molar-refractivity contribution in [3.8, 4) is 11.5 Å². The average Bonchev–Trinajstić information content (AvgIpc) is 2.71. The zero-order valence-electron chi connectivity index (χ0n) is 15.5. The number of halogens is 2. The summed E-state index contributed by atoms with van der Waals surface area (Å²) in [6, 6.07) is 10.0. The first-order chi connectivity index (χ1) is 13.5. The monoisotopic (exact) mass is 403 g/mol. The Morgan fingerprint density at radius 1 is 1.00 bits per heavy atom. The molecular formula is C19H19ClFN5O2. The molecule has 0 fully saturated rings. The van der Waals surface area contributed by atoms with Gasteiger partial charge in [-0.05, 0) is 24.3 Å². The first kappa shape index (κ1) is 19.5. The minimum absolute atomic E-state index is 0.0724. The second-order valence-electron chi connectivity index (χ2n) is 5.62. The summed E-state index contributed by atoms with van der Waals surface area (Å²) >= 11 is 6.24. The fraction of sp³-hybridized carbons (Fsp3) is 0.158. The molecule has 1 aromatic heterocycles. The van der Waals surface area contributed by atoms with Crippen molar-refractivity contribution in [1.82, 2.24) is 9.97 Å². The van der Waals surface area contributed by atoms with Crippen LogP contribution in [0.5, 0.6) is 11.5 Å². The molecule has 1 heterocycles. The van der Waals surface area contributed by atoms with E-state index < -0.39 is 5.82 Å². The summed E-state index contributed by atoms with van der Waals surface area (Å²) in [4.78, 5) is 8.53. The number of hydrogen-bond donors (Lipinski definition) is 3. The predicted molar refractivity (Wildman–Crippen MR) is 109 cm³/mol. The number of methoxy groups -OCH3 is 2. The maximum Gasteiger partial charge on any atom is 0.229 e. The lowest BCUT2D eigenvalue weighted by Gasteiger charge is -2.15. The smallest absolute Gasteiger partial charge is 0.229 e. The van der Waals surface area contributed by atoms with Crippen LogP contribution in [0.25, 0.3) is 0 Å². The molecule has 3 N–H and O–H groups in total. The van der Waals surface area contributed by atoms with E-state index in [1.165, 1.54) is 19.4 Å². The van der Waals surface area contributed by atoms with E-state index in [0.29, 0.717) is 22.3 Å². The molecule has 0 atom stereocenters. The molecule has 9 heteroatoms. The number of nitrogens with zero attached hydrogens (tertiary/aromatic N) is 2. The van der Waals surface area contributed by atoms with Crippen molar-refractivity contribution < 1.29 is 13.9 Å². The molecule has 0 unspecified atom stereocenters. The molecule has 0 aliphatic carbocycles. The Labute approximate surface area is 166 Å². The Balaban J connectivity index is 1.90. The van der Waals surface area contributed by atoms with Crippen LogP contribution in [-0.2, 0) is 0 Å². The Morgan fingerprint density at radius 3 is 2.54 bits per heavy atom. The van der Waals surface area contributed by atoms with Gasteiger partial charge in [-0.1, -0.05) is 17.7 Å². The lowest BCUT2D eigenvalue weighted by atomic mass is 10.2. The molecule has 3 aromatic rings. The van der Waals surface area contributed by atoms with Gasteiger partial charge in [0.05, 0.1) is 37.5 Å².